The van der Waals surface area contributed by atoms with E-state index in [-0.39, 0.29) is 17.4 Å². The van der Waals surface area contributed by atoms with Crippen LogP contribution in [0.2, 0.25) is 15.1 Å². The summed E-state index contributed by atoms with van der Waals surface area (Å²) in [5, 5.41) is 9.70. The third-order valence-corrected chi connectivity index (χ3v) is 7.80. The first-order valence-electron chi connectivity index (χ1n) is 12.3. The lowest BCUT2D eigenvalue weighted by molar-refractivity contribution is -0.114. The zero-order valence-electron chi connectivity index (χ0n) is 21.7. The Hall–Kier alpha value is -3.75. The van der Waals surface area contributed by atoms with Crippen LogP contribution in [0.1, 0.15) is 21.5 Å². The van der Waals surface area contributed by atoms with Crippen molar-refractivity contribution in [2.75, 3.05) is 16.4 Å². The lowest BCUT2D eigenvalue weighted by Crippen LogP contribution is -2.30. The second-order valence-electron chi connectivity index (χ2n) is 8.77. The Balaban J connectivity index is 1.43. The van der Waals surface area contributed by atoms with Gasteiger partial charge in [0.1, 0.15) is 5.70 Å². The maximum Gasteiger partial charge on any atom is 0.272 e. The monoisotopic (exact) mass is 623 g/mol. The number of benzene rings is 4. The van der Waals surface area contributed by atoms with Gasteiger partial charge in [0, 0.05) is 36.9 Å². The average Bonchev–Trinajstić information content (AvgIpc) is 2.96. The predicted octanol–water partition coefficient (Wildman–Crippen LogP) is 8.10. The number of thioether (sulfide) groups is 1. The van der Waals surface area contributed by atoms with Crippen LogP contribution >= 0.6 is 46.6 Å². The lowest BCUT2D eigenvalue weighted by Gasteiger charge is -2.12. The smallest absolute Gasteiger partial charge is 0.272 e. The minimum atomic E-state index is -0.544. The zero-order valence-corrected chi connectivity index (χ0v) is 24.8. The van der Waals surface area contributed by atoms with Crippen LogP contribution < -0.4 is 16.0 Å². The zero-order chi connectivity index (χ0) is 29.4. The molecule has 3 amide bonds. The second kappa shape index (κ2) is 14.2. The Morgan fingerprint density at radius 1 is 0.805 bits per heavy atom. The molecule has 6 nitrogen and oxygen atoms in total. The largest absolute Gasteiger partial charge is 0.325 e. The molecule has 10 heteroatoms. The van der Waals surface area contributed by atoms with Crippen LogP contribution in [-0.4, -0.2) is 23.5 Å². The van der Waals surface area contributed by atoms with Crippen molar-refractivity contribution in [3.05, 3.63) is 128 Å². The molecule has 0 fully saturated rings. The van der Waals surface area contributed by atoms with Gasteiger partial charge in [0.2, 0.25) is 5.91 Å². The van der Waals surface area contributed by atoms with Crippen LogP contribution in [0, 0.1) is 6.92 Å². The first kappa shape index (κ1) is 30.2. The highest BCUT2D eigenvalue weighted by molar-refractivity contribution is 8.00. The Kier molecular flexibility index (Phi) is 10.5. The number of anilines is 2. The molecule has 0 aliphatic carbocycles. The molecule has 0 saturated heterocycles. The molecule has 0 saturated carbocycles. The van der Waals surface area contributed by atoms with Gasteiger partial charge in [0.05, 0.1) is 5.75 Å². The highest BCUT2D eigenvalue weighted by Gasteiger charge is 2.16. The molecule has 0 aliphatic rings. The Morgan fingerprint density at radius 3 is 2.24 bits per heavy atom. The molecule has 4 rings (SSSR count). The van der Waals surface area contributed by atoms with Crippen molar-refractivity contribution in [3.63, 3.8) is 0 Å². The number of nitrogens with one attached hydrogen (secondary N) is 3. The summed E-state index contributed by atoms with van der Waals surface area (Å²) in [5.74, 6) is -0.965. The molecule has 0 radical (unpaired) electrons. The van der Waals surface area contributed by atoms with Crippen LogP contribution in [0.15, 0.2) is 102 Å². The summed E-state index contributed by atoms with van der Waals surface area (Å²) in [4.78, 5) is 39.4. The quantitative estimate of drug-likeness (QED) is 0.130. The highest BCUT2D eigenvalue weighted by Crippen LogP contribution is 2.26. The molecule has 0 unspecified atom stereocenters. The third-order valence-electron chi connectivity index (χ3n) is 5.82. The fraction of sp³-hybridized carbons (Fsp3) is 0.0645. The molecule has 0 aromatic heterocycles. The summed E-state index contributed by atoms with van der Waals surface area (Å²) in [6.07, 6.45) is 1.49. The van der Waals surface area contributed by atoms with Crippen molar-refractivity contribution < 1.29 is 14.4 Å². The van der Waals surface area contributed by atoms with Crippen molar-refractivity contribution in [1.29, 1.82) is 0 Å². The van der Waals surface area contributed by atoms with Crippen LogP contribution in [0.5, 0.6) is 0 Å². The van der Waals surface area contributed by atoms with E-state index in [1.54, 1.807) is 91.0 Å². The number of rotatable bonds is 9. The van der Waals surface area contributed by atoms with Crippen LogP contribution in [0.3, 0.4) is 0 Å². The minimum Gasteiger partial charge on any atom is -0.325 e. The summed E-state index contributed by atoms with van der Waals surface area (Å²) in [6, 6.07) is 25.8. The predicted molar refractivity (Wildman–Crippen MR) is 169 cm³/mol. The van der Waals surface area contributed by atoms with E-state index < -0.39 is 11.8 Å². The van der Waals surface area contributed by atoms with Crippen LogP contribution in [0.25, 0.3) is 6.08 Å². The minimum absolute atomic E-state index is 0.00509. The Bertz CT molecular complexity index is 1610. The first-order chi connectivity index (χ1) is 19.7. The van der Waals surface area contributed by atoms with E-state index in [9.17, 15) is 14.4 Å². The van der Waals surface area contributed by atoms with E-state index in [0.717, 1.165) is 10.5 Å². The average molecular weight is 625 g/mol. The molecule has 0 atom stereocenters. The van der Waals surface area contributed by atoms with Crippen molar-refractivity contribution in [3.8, 4) is 0 Å². The third kappa shape index (κ3) is 8.62. The van der Waals surface area contributed by atoms with Gasteiger partial charge in [0.25, 0.3) is 11.8 Å². The van der Waals surface area contributed by atoms with Gasteiger partial charge in [-0.05, 0) is 84.8 Å². The topological polar surface area (TPSA) is 87.3 Å². The normalized spacial score (nSPS) is 11.1. The van der Waals surface area contributed by atoms with Gasteiger partial charge in [-0.15, -0.1) is 11.8 Å². The number of halogens is 3. The summed E-state index contributed by atoms with van der Waals surface area (Å²) in [7, 11) is 0. The summed E-state index contributed by atoms with van der Waals surface area (Å²) < 4.78 is 0. The second-order valence-corrected chi connectivity index (χ2v) is 11.1. The number of hydrogen-bond acceptors (Lipinski definition) is 4. The van der Waals surface area contributed by atoms with Gasteiger partial charge in [-0.2, -0.15) is 0 Å². The maximum atomic E-state index is 13.3. The number of hydrogen-bond donors (Lipinski definition) is 3. The van der Waals surface area contributed by atoms with Crippen molar-refractivity contribution >= 4 is 81.7 Å². The number of carbonyl (C=O) groups is 3. The standard InChI is InChI=1S/C31H24Cl3N3O3S/c1-19-25(33)8-5-9-27(19)36-29(38)18-41-24-14-12-23(13-15-24)35-31(40)28(16-21-10-11-22(32)17-26(21)34)37-30(39)20-6-3-2-4-7-20/h2-17H,18H2,1H3,(H,35,40)(H,36,38)(H,37,39)/b28-16-. The van der Waals surface area contributed by atoms with Crippen molar-refractivity contribution in [2.45, 2.75) is 11.8 Å². The fourth-order valence-electron chi connectivity index (χ4n) is 3.63. The van der Waals surface area contributed by atoms with E-state index in [1.807, 2.05) is 6.92 Å². The van der Waals surface area contributed by atoms with Crippen molar-refractivity contribution in [2.24, 2.45) is 0 Å². The van der Waals surface area contributed by atoms with Gasteiger partial charge in [-0.25, -0.2) is 0 Å². The molecular weight excluding hydrogens is 601 g/mol. The van der Waals surface area contributed by atoms with Gasteiger partial charge in [-0.3, -0.25) is 14.4 Å². The number of amides is 3. The fourth-order valence-corrected chi connectivity index (χ4v) is 4.96. The number of carbonyl (C=O) groups excluding carboxylic acids is 3. The van der Waals surface area contributed by atoms with Crippen LogP contribution in [-0.2, 0) is 9.59 Å². The van der Waals surface area contributed by atoms with Gasteiger partial charge in [0.15, 0.2) is 0 Å². The van der Waals surface area contributed by atoms with E-state index >= 15 is 0 Å². The van der Waals surface area contributed by atoms with Gasteiger partial charge >= 0.3 is 0 Å². The van der Waals surface area contributed by atoms with E-state index in [4.69, 9.17) is 34.8 Å². The highest BCUT2D eigenvalue weighted by atomic mass is 35.5. The van der Waals surface area contributed by atoms with E-state index in [0.29, 0.717) is 37.6 Å². The Morgan fingerprint density at radius 2 is 1.54 bits per heavy atom. The van der Waals surface area contributed by atoms with Gasteiger partial charge in [-0.1, -0.05) is 65.1 Å². The summed E-state index contributed by atoms with van der Waals surface area (Å²) >= 11 is 19.8. The molecule has 208 valence electrons. The molecule has 4 aromatic rings. The molecular formula is C31H24Cl3N3O3S. The molecule has 3 N–H and O–H groups in total. The molecule has 0 heterocycles. The first-order valence-corrected chi connectivity index (χ1v) is 14.4. The van der Waals surface area contributed by atoms with Gasteiger partial charge < -0.3 is 16.0 Å². The molecule has 4 aromatic carbocycles. The van der Waals surface area contributed by atoms with Crippen molar-refractivity contribution in [1.82, 2.24) is 5.32 Å². The van der Waals surface area contributed by atoms with E-state index in [1.165, 1.54) is 17.8 Å². The maximum absolute atomic E-state index is 13.3. The molecule has 0 bridgehead atoms. The lowest BCUT2D eigenvalue weighted by atomic mass is 10.1. The molecule has 41 heavy (non-hydrogen) atoms. The molecule has 0 spiro atoms. The Labute approximate surface area is 257 Å². The molecule has 0 aliphatic heterocycles. The SMILES string of the molecule is Cc1c(Cl)cccc1NC(=O)CSc1ccc(NC(=O)/C(=C/c2ccc(Cl)cc2Cl)NC(=O)c2ccccc2)cc1. The summed E-state index contributed by atoms with van der Waals surface area (Å²) in [6.45, 7) is 1.84. The summed E-state index contributed by atoms with van der Waals surface area (Å²) in [5.41, 5.74) is 2.87. The van der Waals surface area contributed by atoms with Crippen LogP contribution in [0.4, 0.5) is 11.4 Å². The van der Waals surface area contributed by atoms with E-state index in [2.05, 4.69) is 16.0 Å².